The highest BCUT2D eigenvalue weighted by molar-refractivity contribution is 6.01. The van der Waals surface area contributed by atoms with Crippen molar-refractivity contribution in [3.05, 3.63) is 229 Å². The summed E-state index contributed by atoms with van der Waals surface area (Å²) in [4.78, 5) is 94.3. The predicted molar refractivity (Wildman–Crippen MR) is 490 cm³/mol. The molecule has 24 heteroatoms. The fourth-order valence-electron chi connectivity index (χ4n) is 17.4. The lowest BCUT2D eigenvalue weighted by Crippen LogP contribution is -2.33. The van der Waals surface area contributed by atoms with Crippen LogP contribution in [0.15, 0.2) is 72.8 Å². The molecule has 24 nitrogen and oxygen atoms in total. The highest BCUT2D eigenvalue weighted by atomic mass is 16.6. The summed E-state index contributed by atoms with van der Waals surface area (Å²) >= 11 is 0. The van der Waals surface area contributed by atoms with Crippen molar-refractivity contribution in [1.82, 2.24) is 0 Å². The highest BCUT2D eigenvalue weighted by Gasteiger charge is 2.40. The lowest BCUT2D eigenvalue weighted by Gasteiger charge is -2.30. The Hall–Kier alpha value is -12.1. The van der Waals surface area contributed by atoms with E-state index in [1.807, 2.05) is 170 Å². The van der Waals surface area contributed by atoms with Gasteiger partial charge in [0.25, 0.3) is 0 Å². The zero-order chi connectivity index (χ0) is 95.7. The van der Waals surface area contributed by atoms with E-state index in [1.54, 1.807) is 41.5 Å². The zero-order valence-electron chi connectivity index (χ0n) is 79.2. The van der Waals surface area contributed by atoms with Crippen LogP contribution >= 0.6 is 0 Å². The van der Waals surface area contributed by atoms with Gasteiger partial charge < -0.3 is 78.7 Å². The van der Waals surface area contributed by atoms with Crippen LogP contribution in [-0.2, 0) is 76.4 Å². The van der Waals surface area contributed by atoms with Gasteiger partial charge in [-0.15, -0.1) is 0 Å². The number of phenols is 8. The minimum Gasteiger partial charge on any atom is -0.507 e. The smallest absolute Gasteiger partial charge is 0.342 e. The second kappa shape index (κ2) is 42.9. The molecule has 12 unspecified atom stereocenters. The van der Waals surface area contributed by atoms with Gasteiger partial charge in [0, 0.05) is 50.4 Å². The van der Waals surface area contributed by atoms with Gasteiger partial charge in [0.2, 0.25) is 0 Å². The Bertz CT molecular complexity index is 5590. The number of phenolic OH excluding ortho intramolecular Hbond substituents is 8. The standard InChI is InChI=1S/C16H22O3.C15H20O3.3C13H16O3.2C12H14O3.C11H12O3/c1-5-6-9(2)13-8-12-10(3)7-11(4)15(17)14(12)16(18)19-13;1-5-8(2)12-7-11-9(3)6-10(4)14(16)13(11)15(17)18-12;1-4-10-6-9-5-7(2)8(3)12(14)11(9)13(15)16-10;1-4-9-6-10-7(2)5-8(3)12(14)11(10)13(15)16-9;1-4-10-8(3)9-6-5-7(2)12(14)11(9)13(15)16-10;1-6-4-5-9-7(2)8(3)15-12(14)10(9)11(6)13;1-3-9-6-8-5-4-7(2)11(13)10(8)12(14)15-9;1-6-3-4-8-5-7(2)14-11(13)9(8)10(6)12/h7,9,13,17H,5-6,8H2,1-4H3;6,8,12,16H,5,7H2,1-4H3;5,10,14H,4,6H2,1-3H3;5,9,14H,4,6H2,1-3H3;5-6,8,10,14H,4H2,1-3H3;4-5,7-8,13H,1-3H3;4-5,9,13H,3,6H2,1-2H3;3-4,7,12H,5H2,1-2H3. The number of rotatable bonds is 9. The summed E-state index contributed by atoms with van der Waals surface area (Å²) in [6.45, 7) is 46.3. The topological polar surface area (TPSA) is 372 Å². The molecule has 0 saturated carbocycles. The Morgan fingerprint density at radius 2 is 0.636 bits per heavy atom. The molecule has 12 atom stereocenters. The van der Waals surface area contributed by atoms with Crippen molar-refractivity contribution < 1.29 is 117 Å². The Morgan fingerprint density at radius 3 is 1.05 bits per heavy atom. The normalized spacial score (nSPS) is 20.8. The molecular weight excluding hydrogens is 1650 g/mol. The third-order valence-corrected chi connectivity index (χ3v) is 26.3. The number of esters is 8. The molecule has 0 fully saturated rings. The van der Waals surface area contributed by atoms with Gasteiger partial charge in [-0.25, -0.2) is 38.4 Å². The molecule has 8 N–H and O–H groups in total. The second-order valence-corrected chi connectivity index (χ2v) is 35.6. The molecule has 694 valence electrons. The molecule has 0 amide bonds. The fourth-order valence-corrected chi connectivity index (χ4v) is 17.4. The van der Waals surface area contributed by atoms with Gasteiger partial charge in [-0.3, -0.25) is 0 Å². The molecule has 0 spiro atoms. The van der Waals surface area contributed by atoms with Crippen LogP contribution < -0.4 is 0 Å². The van der Waals surface area contributed by atoms with Crippen molar-refractivity contribution in [2.24, 2.45) is 11.8 Å². The molecule has 0 bridgehead atoms. The van der Waals surface area contributed by atoms with Crippen LogP contribution in [0.1, 0.15) is 334 Å². The molecule has 16 rings (SSSR count). The van der Waals surface area contributed by atoms with E-state index in [1.165, 1.54) is 0 Å². The van der Waals surface area contributed by atoms with Gasteiger partial charge in [-0.05, 0) is 252 Å². The molecule has 8 heterocycles. The van der Waals surface area contributed by atoms with E-state index < -0.39 is 35.8 Å². The van der Waals surface area contributed by atoms with Crippen LogP contribution in [-0.4, -0.2) is 137 Å². The van der Waals surface area contributed by atoms with Crippen LogP contribution in [0.4, 0.5) is 0 Å². The number of aromatic hydroxyl groups is 8. The molecule has 8 aliphatic heterocycles. The first-order chi connectivity index (χ1) is 60.8. The number of ether oxygens (including phenoxy) is 8. The van der Waals surface area contributed by atoms with Gasteiger partial charge in [-0.1, -0.05) is 155 Å². The van der Waals surface area contributed by atoms with E-state index in [-0.39, 0.29) is 119 Å². The van der Waals surface area contributed by atoms with E-state index >= 15 is 0 Å². The van der Waals surface area contributed by atoms with Crippen molar-refractivity contribution in [2.45, 2.75) is 310 Å². The Morgan fingerprint density at radius 1 is 0.302 bits per heavy atom. The second-order valence-electron chi connectivity index (χ2n) is 35.6. The number of carbonyl (C=O) groups excluding carboxylic acids is 8. The lowest BCUT2D eigenvalue weighted by atomic mass is 9.86. The molecule has 129 heavy (non-hydrogen) atoms. The van der Waals surface area contributed by atoms with E-state index in [0.717, 1.165) is 134 Å². The van der Waals surface area contributed by atoms with Gasteiger partial charge in [0.15, 0.2) is 0 Å². The van der Waals surface area contributed by atoms with Crippen molar-refractivity contribution in [2.75, 3.05) is 0 Å². The third kappa shape index (κ3) is 22.1. The zero-order valence-corrected chi connectivity index (χ0v) is 79.2. The van der Waals surface area contributed by atoms with Crippen LogP contribution in [0.25, 0.3) is 0 Å². The number of benzene rings is 8. The SMILES string of the molecule is CCC(C)C1Cc2c(C)cc(C)c(O)c2C(=O)O1.CCC1Cc2c(C)cc(C)c(O)c2C(=O)O1.CCC1Cc2cc(C)c(C)c(O)c2C(=O)O1.CCC1Cc2ccc(C)c(O)c2C(=O)O1.CCC1OC(=O)c2c(ccc(C)c2O)C1C.CCCC(C)C1Cc2c(C)cc(C)c(O)c2C(=O)O1.Cc1ccc2c(c1O)C(=O)OC(C)C2.Cc1ccc2c(c1O)C(=O)OC(C)C2C. The van der Waals surface area contributed by atoms with Crippen LogP contribution in [0.5, 0.6) is 46.0 Å². The Labute approximate surface area is 757 Å². The summed E-state index contributed by atoms with van der Waals surface area (Å²) in [5.41, 5.74) is 20.0. The maximum Gasteiger partial charge on any atom is 0.342 e. The van der Waals surface area contributed by atoms with Gasteiger partial charge in [-0.2, -0.15) is 0 Å². The number of hydrogen-bond acceptors (Lipinski definition) is 24. The number of cyclic esters (lactones) is 8. The molecular formula is C105H130O24. The average molecular weight is 1780 g/mol. The van der Waals surface area contributed by atoms with Crippen LogP contribution in [0, 0.1) is 94.9 Å². The van der Waals surface area contributed by atoms with E-state index in [9.17, 15) is 79.2 Å². The summed E-state index contributed by atoms with van der Waals surface area (Å²) in [5, 5.41) is 79.1. The van der Waals surface area contributed by atoms with Crippen LogP contribution in [0.2, 0.25) is 0 Å². The molecule has 0 saturated heterocycles. The summed E-state index contributed by atoms with van der Waals surface area (Å²) in [6, 6.07) is 22.7. The average Bonchev–Trinajstić information content (AvgIpc) is 0.786. The van der Waals surface area contributed by atoms with Crippen molar-refractivity contribution in [3.8, 4) is 46.0 Å². The minimum atomic E-state index is -0.420. The van der Waals surface area contributed by atoms with Crippen molar-refractivity contribution >= 4 is 47.8 Å². The largest absolute Gasteiger partial charge is 0.507 e. The van der Waals surface area contributed by atoms with Crippen molar-refractivity contribution in [3.63, 3.8) is 0 Å². The lowest BCUT2D eigenvalue weighted by molar-refractivity contribution is 0.00891. The predicted octanol–water partition coefficient (Wildman–Crippen LogP) is 20.8. The number of fused-ring (bicyclic) bond motifs is 8. The summed E-state index contributed by atoms with van der Waals surface area (Å²) in [7, 11) is 0. The Kier molecular flexibility index (Phi) is 33.5. The first-order valence-corrected chi connectivity index (χ1v) is 45.0. The summed E-state index contributed by atoms with van der Waals surface area (Å²) in [5.74, 6) is -1.70. The number of aryl methyl sites for hydroxylation is 11. The Balaban J connectivity index is 0.000000167. The van der Waals surface area contributed by atoms with Gasteiger partial charge in [0.05, 0.1) is 0 Å². The first-order valence-electron chi connectivity index (χ1n) is 45.0. The summed E-state index contributed by atoms with van der Waals surface area (Å²) in [6.07, 6.45) is 9.90. The molecule has 0 aliphatic carbocycles. The fraction of sp³-hybridized carbons (Fsp3) is 0.467. The molecule has 0 aromatic heterocycles. The number of carbonyl (C=O) groups is 8. The molecule has 8 aromatic rings. The molecule has 8 aromatic carbocycles. The quantitative estimate of drug-likeness (QED) is 0.0491. The van der Waals surface area contributed by atoms with Gasteiger partial charge >= 0.3 is 47.8 Å². The minimum absolute atomic E-state index is 0.0490. The third-order valence-electron chi connectivity index (χ3n) is 26.3. The summed E-state index contributed by atoms with van der Waals surface area (Å²) < 4.78 is 42.2. The molecule has 8 aliphatic rings. The van der Waals surface area contributed by atoms with Gasteiger partial charge in [0.1, 0.15) is 139 Å². The van der Waals surface area contributed by atoms with Crippen LogP contribution in [0.3, 0.4) is 0 Å². The van der Waals surface area contributed by atoms with E-state index in [0.29, 0.717) is 117 Å². The van der Waals surface area contributed by atoms with E-state index in [2.05, 4.69) is 27.7 Å². The maximum atomic E-state index is 12.1. The highest BCUT2D eigenvalue weighted by Crippen LogP contribution is 2.44. The first kappa shape index (κ1) is 101. The maximum absolute atomic E-state index is 12.1. The number of hydrogen-bond donors (Lipinski definition) is 8. The molecule has 0 radical (unpaired) electrons. The van der Waals surface area contributed by atoms with E-state index in [4.69, 9.17) is 37.9 Å². The van der Waals surface area contributed by atoms with Crippen molar-refractivity contribution in [1.29, 1.82) is 0 Å². The monoisotopic (exact) mass is 1770 g/mol.